The molecule has 0 unspecified atom stereocenters. The van der Waals surface area contributed by atoms with E-state index in [-0.39, 0.29) is 24.2 Å². The van der Waals surface area contributed by atoms with Gasteiger partial charge in [-0.05, 0) is 53.7 Å². The van der Waals surface area contributed by atoms with Crippen molar-refractivity contribution in [3.05, 3.63) is 58.0 Å². The lowest BCUT2D eigenvalue weighted by molar-refractivity contribution is 0.0159. The van der Waals surface area contributed by atoms with Crippen molar-refractivity contribution in [3.63, 3.8) is 0 Å². The predicted molar refractivity (Wildman–Crippen MR) is 131 cm³/mol. The van der Waals surface area contributed by atoms with E-state index in [2.05, 4.69) is 20.1 Å². The van der Waals surface area contributed by atoms with E-state index in [1.54, 1.807) is 23.4 Å². The highest BCUT2D eigenvalue weighted by molar-refractivity contribution is 5.69. The number of amides is 1. The second-order valence-electron chi connectivity index (χ2n) is 9.93. The lowest BCUT2D eigenvalue weighted by atomic mass is 10.1. The van der Waals surface area contributed by atoms with Gasteiger partial charge in [0.2, 0.25) is 0 Å². The van der Waals surface area contributed by atoms with Crippen molar-refractivity contribution in [2.24, 2.45) is 0 Å². The fourth-order valence-corrected chi connectivity index (χ4v) is 4.06. The number of carbonyl (C=O) groups excluding carboxylic acids is 1. The summed E-state index contributed by atoms with van der Waals surface area (Å²) in [5.41, 5.74) is 3.14. The van der Waals surface area contributed by atoms with Crippen LogP contribution in [0.4, 0.5) is 10.5 Å². The lowest BCUT2D eigenvalue weighted by Crippen LogP contribution is -2.55. The van der Waals surface area contributed by atoms with Crippen LogP contribution in [-0.4, -0.2) is 62.2 Å². The first-order chi connectivity index (χ1) is 16.5. The van der Waals surface area contributed by atoms with Gasteiger partial charge in [-0.3, -0.25) is 9.78 Å². The second-order valence-corrected chi connectivity index (χ2v) is 9.93. The van der Waals surface area contributed by atoms with Gasteiger partial charge in [0.05, 0.1) is 18.4 Å². The molecule has 10 heteroatoms. The van der Waals surface area contributed by atoms with Gasteiger partial charge < -0.3 is 19.1 Å². The van der Waals surface area contributed by atoms with Crippen molar-refractivity contribution in [1.82, 2.24) is 24.8 Å². The molecule has 4 heterocycles. The van der Waals surface area contributed by atoms with Crippen LogP contribution >= 0.6 is 0 Å². The highest BCUT2D eigenvalue weighted by atomic mass is 16.6. The molecule has 0 bridgehead atoms. The number of hydrogen-bond acceptors (Lipinski definition) is 8. The van der Waals surface area contributed by atoms with Gasteiger partial charge in [-0.25, -0.2) is 9.48 Å². The zero-order valence-corrected chi connectivity index (χ0v) is 21.1. The van der Waals surface area contributed by atoms with Crippen LogP contribution in [0.2, 0.25) is 0 Å². The van der Waals surface area contributed by atoms with Crippen molar-refractivity contribution in [2.45, 2.75) is 59.7 Å². The van der Waals surface area contributed by atoms with E-state index < -0.39 is 5.60 Å². The number of aromatic nitrogens is 4. The Morgan fingerprint density at radius 3 is 2.60 bits per heavy atom. The van der Waals surface area contributed by atoms with Crippen molar-refractivity contribution in [1.29, 1.82) is 0 Å². The predicted octanol–water partition coefficient (Wildman–Crippen LogP) is 3.40. The molecule has 0 radical (unpaired) electrons. The summed E-state index contributed by atoms with van der Waals surface area (Å²) in [5, 5.41) is 8.59. The Morgan fingerprint density at radius 2 is 1.97 bits per heavy atom. The number of ether oxygens (including phenoxy) is 1. The quantitative estimate of drug-likeness (QED) is 0.559. The maximum absolute atomic E-state index is 12.9. The average molecular weight is 481 g/mol. The van der Waals surface area contributed by atoms with Gasteiger partial charge in [0, 0.05) is 54.8 Å². The summed E-state index contributed by atoms with van der Waals surface area (Å²) in [7, 11) is 0. The van der Waals surface area contributed by atoms with Crippen LogP contribution in [0.1, 0.15) is 44.7 Å². The Labute approximate surface area is 204 Å². The zero-order valence-electron chi connectivity index (χ0n) is 21.1. The minimum atomic E-state index is -0.541. The van der Waals surface area contributed by atoms with Gasteiger partial charge in [-0.15, -0.1) is 0 Å². The van der Waals surface area contributed by atoms with E-state index >= 15 is 0 Å². The molecular weight excluding hydrogens is 448 g/mol. The minimum Gasteiger partial charge on any atom is -0.444 e. The molecule has 186 valence electrons. The minimum absolute atomic E-state index is 0.0636. The fraction of sp³-hybridized carbons (Fsp3) is 0.480. The molecule has 1 fully saturated rings. The van der Waals surface area contributed by atoms with Gasteiger partial charge >= 0.3 is 6.09 Å². The Balaban J connectivity index is 1.48. The first-order valence-corrected chi connectivity index (χ1v) is 11.7. The van der Waals surface area contributed by atoms with Gasteiger partial charge in [-0.1, -0.05) is 5.16 Å². The Morgan fingerprint density at radius 1 is 1.20 bits per heavy atom. The van der Waals surface area contributed by atoms with Crippen LogP contribution in [0.5, 0.6) is 0 Å². The summed E-state index contributed by atoms with van der Waals surface area (Å²) >= 11 is 0. The smallest absolute Gasteiger partial charge is 0.410 e. The molecule has 1 atom stereocenters. The van der Waals surface area contributed by atoms with Crippen molar-refractivity contribution < 1.29 is 14.1 Å². The molecule has 0 aromatic carbocycles. The third-order valence-corrected chi connectivity index (χ3v) is 5.95. The molecule has 35 heavy (non-hydrogen) atoms. The van der Waals surface area contributed by atoms with E-state index in [0.717, 1.165) is 22.5 Å². The number of anilines is 1. The van der Waals surface area contributed by atoms with Gasteiger partial charge in [-0.2, -0.15) is 5.10 Å². The number of piperazine rings is 1. The summed E-state index contributed by atoms with van der Waals surface area (Å²) in [6.45, 7) is 13.2. The maximum Gasteiger partial charge on any atom is 0.410 e. The van der Waals surface area contributed by atoms with E-state index in [1.807, 2.05) is 53.7 Å². The molecule has 1 saturated heterocycles. The topological polar surface area (TPSA) is 107 Å². The molecule has 0 spiro atoms. The van der Waals surface area contributed by atoms with Crippen molar-refractivity contribution in [2.75, 3.05) is 24.5 Å². The molecule has 0 N–H and O–H groups in total. The number of rotatable bonds is 4. The summed E-state index contributed by atoms with van der Waals surface area (Å²) < 4.78 is 12.3. The molecular formula is C25H32N6O4. The summed E-state index contributed by atoms with van der Waals surface area (Å²) in [4.78, 5) is 33.6. The van der Waals surface area contributed by atoms with E-state index in [1.165, 1.54) is 4.68 Å². The summed E-state index contributed by atoms with van der Waals surface area (Å²) in [5.74, 6) is 0.630. The molecule has 3 aromatic rings. The monoisotopic (exact) mass is 480 g/mol. The first-order valence-electron chi connectivity index (χ1n) is 11.7. The molecule has 0 saturated carbocycles. The SMILES string of the molecule is Cc1ccc(-c2noc(C)c2Cn2ncc(N3CCN(C(=O)OC(C)(C)C)[C@@H](C)C3)cc2=O)cn1. The standard InChI is InChI=1S/C25H32N6O4/c1-16-7-8-19(12-26-16)23-21(18(3)35-28-23)15-31-22(32)11-20(13-27-31)29-9-10-30(17(2)14-29)24(33)34-25(4,5)6/h7-8,11-13,17H,9-10,14-15H2,1-6H3/t17-/m0/s1. The summed E-state index contributed by atoms with van der Waals surface area (Å²) in [6.07, 6.45) is 3.11. The average Bonchev–Trinajstić information content (AvgIpc) is 3.14. The van der Waals surface area contributed by atoms with Crippen molar-refractivity contribution >= 4 is 11.8 Å². The Hall–Kier alpha value is -3.69. The molecule has 4 rings (SSSR count). The zero-order chi connectivity index (χ0) is 25.3. The first kappa shape index (κ1) is 24.4. The van der Waals surface area contributed by atoms with Gasteiger partial charge in [0.1, 0.15) is 17.1 Å². The Bertz CT molecular complexity index is 1260. The normalized spacial score (nSPS) is 16.5. The van der Waals surface area contributed by atoms with Gasteiger partial charge in [0.25, 0.3) is 5.56 Å². The molecule has 3 aromatic heterocycles. The third-order valence-electron chi connectivity index (χ3n) is 5.95. The molecule has 1 aliphatic rings. The van der Waals surface area contributed by atoms with Crippen LogP contribution in [0.3, 0.4) is 0 Å². The molecule has 1 aliphatic heterocycles. The van der Waals surface area contributed by atoms with E-state index in [4.69, 9.17) is 9.26 Å². The number of carbonyl (C=O) groups is 1. The van der Waals surface area contributed by atoms with Crippen LogP contribution in [0.25, 0.3) is 11.3 Å². The van der Waals surface area contributed by atoms with Crippen LogP contribution in [0, 0.1) is 13.8 Å². The fourth-order valence-electron chi connectivity index (χ4n) is 4.06. The van der Waals surface area contributed by atoms with E-state index in [9.17, 15) is 9.59 Å². The molecule has 1 amide bonds. The number of nitrogens with zero attached hydrogens (tertiary/aromatic N) is 6. The number of pyridine rings is 1. The number of hydrogen-bond donors (Lipinski definition) is 0. The van der Waals surface area contributed by atoms with Crippen LogP contribution in [0.15, 0.2) is 39.9 Å². The Kier molecular flexibility index (Phi) is 6.64. The molecule has 0 aliphatic carbocycles. The number of aryl methyl sites for hydroxylation is 2. The van der Waals surface area contributed by atoms with E-state index in [0.29, 0.717) is 31.1 Å². The van der Waals surface area contributed by atoms with Crippen LogP contribution in [-0.2, 0) is 11.3 Å². The van der Waals surface area contributed by atoms with Crippen molar-refractivity contribution in [3.8, 4) is 11.3 Å². The maximum atomic E-state index is 12.9. The highest BCUT2D eigenvalue weighted by Crippen LogP contribution is 2.25. The highest BCUT2D eigenvalue weighted by Gasteiger charge is 2.31. The molecule has 10 nitrogen and oxygen atoms in total. The lowest BCUT2D eigenvalue weighted by Gasteiger charge is -2.41. The second kappa shape index (κ2) is 9.52. The van der Waals surface area contributed by atoms with Gasteiger partial charge in [0.15, 0.2) is 0 Å². The summed E-state index contributed by atoms with van der Waals surface area (Å²) in [6, 6.07) is 5.36. The third kappa shape index (κ3) is 5.52. The largest absolute Gasteiger partial charge is 0.444 e. The van der Waals surface area contributed by atoms with Crippen LogP contribution < -0.4 is 10.5 Å².